The number of nitrogens with one attached hydrogen (secondary N) is 1. The maximum atomic E-state index is 12.3. The molecule has 0 radical (unpaired) electrons. The Morgan fingerprint density at radius 2 is 1.59 bits per heavy atom. The molecule has 0 heterocycles. The monoisotopic (exact) mass is 279 g/mol. The average molecular weight is 280 g/mol. The van der Waals surface area contributed by atoms with E-state index in [1.807, 2.05) is 6.92 Å². The van der Waals surface area contributed by atoms with E-state index in [1.165, 1.54) is 0 Å². The number of hydrogen-bond donors (Lipinski definition) is 1. The molecule has 0 bridgehead atoms. The van der Waals surface area contributed by atoms with E-state index in [1.54, 1.807) is 0 Å². The van der Waals surface area contributed by atoms with E-state index in [0.717, 1.165) is 6.42 Å². The van der Waals surface area contributed by atoms with Gasteiger partial charge in [0.2, 0.25) is 5.91 Å². The predicted octanol–water partition coefficient (Wildman–Crippen LogP) is 3.41. The molecule has 1 saturated carbocycles. The number of carbonyl (C=O) groups is 1. The van der Waals surface area contributed by atoms with Gasteiger partial charge in [0.15, 0.2) is 0 Å². The fraction of sp³-hybridized carbons (Fsp3) is 0.923. The van der Waals surface area contributed by atoms with E-state index >= 15 is 0 Å². The van der Waals surface area contributed by atoms with E-state index in [4.69, 9.17) is 23.2 Å². The molecule has 0 saturated heterocycles. The van der Waals surface area contributed by atoms with E-state index < -0.39 is 5.54 Å². The minimum atomic E-state index is -0.463. The Hall–Kier alpha value is 0.0500. The normalized spacial score (nSPS) is 22.3. The number of rotatable bonds is 5. The highest BCUT2D eigenvalue weighted by atomic mass is 35.5. The summed E-state index contributed by atoms with van der Waals surface area (Å²) in [5.74, 6) is 0.842. The van der Waals surface area contributed by atoms with Gasteiger partial charge >= 0.3 is 0 Å². The zero-order chi connectivity index (χ0) is 13.5. The Balaban J connectivity index is 2.75. The molecule has 0 aromatic rings. The molecule has 1 aliphatic rings. The van der Waals surface area contributed by atoms with Gasteiger partial charge in [-0.15, -0.1) is 23.2 Å². The summed E-state index contributed by atoms with van der Waals surface area (Å²) < 4.78 is 0. The van der Waals surface area contributed by atoms with Crippen LogP contribution in [0.25, 0.3) is 0 Å². The fourth-order valence-electron chi connectivity index (χ4n) is 2.57. The lowest BCUT2D eigenvalue weighted by Crippen LogP contribution is -2.52. The Bertz CT molecular complexity index is 286. The smallest absolute Gasteiger partial charge is 0.224 e. The first-order chi connectivity index (χ1) is 7.68. The van der Waals surface area contributed by atoms with Crippen molar-refractivity contribution >= 4 is 29.1 Å². The van der Waals surface area contributed by atoms with Crippen LogP contribution < -0.4 is 5.32 Å². The summed E-state index contributed by atoms with van der Waals surface area (Å²) in [5.41, 5.74) is -0.362. The first-order valence-corrected chi connectivity index (χ1v) is 7.19. The van der Waals surface area contributed by atoms with Gasteiger partial charge in [-0.3, -0.25) is 4.79 Å². The van der Waals surface area contributed by atoms with Gasteiger partial charge in [-0.25, -0.2) is 0 Å². The summed E-state index contributed by atoms with van der Waals surface area (Å²) in [6, 6.07) is 0. The number of alkyl halides is 2. The third-order valence-corrected chi connectivity index (χ3v) is 5.88. The van der Waals surface area contributed by atoms with Crippen molar-refractivity contribution in [3.8, 4) is 0 Å². The molecule has 1 aliphatic carbocycles. The number of halogens is 2. The van der Waals surface area contributed by atoms with Gasteiger partial charge in [-0.05, 0) is 17.3 Å². The van der Waals surface area contributed by atoms with Crippen molar-refractivity contribution in [1.29, 1.82) is 0 Å². The summed E-state index contributed by atoms with van der Waals surface area (Å²) in [6.07, 6.45) is 0.749. The van der Waals surface area contributed by atoms with Gasteiger partial charge in [0.1, 0.15) is 0 Å². The topological polar surface area (TPSA) is 29.1 Å². The highest BCUT2D eigenvalue weighted by Gasteiger charge is 2.68. The van der Waals surface area contributed by atoms with Crippen molar-refractivity contribution in [1.82, 2.24) is 5.32 Å². The van der Waals surface area contributed by atoms with Gasteiger partial charge in [-0.1, -0.05) is 34.6 Å². The largest absolute Gasteiger partial charge is 0.348 e. The predicted molar refractivity (Wildman–Crippen MR) is 73.7 cm³/mol. The van der Waals surface area contributed by atoms with Crippen LogP contribution in [-0.4, -0.2) is 23.2 Å². The van der Waals surface area contributed by atoms with Crippen LogP contribution in [0.4, 0.5) is 0 Å². The minimum Gasteiger partial charge on any atom is -0.348 e. The van der Waals surface area contributed by atoms with Crippen molar-refractivity contribution in [3.05, 3.63) is 0 Å². The zero-order valence-corrected chi connectivity index (χ0v) is 12.9. The molecule has 4 heteroatoms. The molecular formula is C13H23Cl2NO. The second-order valence-electron chi connectivity index (χ2n) is 6.27. The van der Waals surface area contributed by atoms with Crippen molar-refractivity contribution in [2.45, 2.75) is 46.6 Å². The van der Waals surface area contributed by atoms with Gasteiger partial charge < -0.3 is 5.32 Å². The van der Waals surface area contributed by atoms with Crippen LogP contribution in [0, 0.1) is 16.7 Å². The number of carbonyl (C=O) groups excluding carboxylic acids is 1. The molecule has 0 unspecified atom stereocenters. The molecule has 1 fully saturated rings. The van der Waals surface area contributed by atoms with Crippen LogP contribution in [0.15, 0.2) is 0 Å². The van der Waals surface area contributed by atoms with Crippen molar-refractivity contribution < 1.29 is 4.79 Å². The molecular weight excluding hydrogens is 257 g/mol. The molecule has 0 aromatic heterocycles. The minimum absolute atomic E-state index is 0.0485. The quantitative estimate of drug-likeness (QED) is 0.768. The molecule has 0 aliphatic heterocycles. The van der Waals surface area contributed by atoms with Crippen molar-refractivity contribution in [2.24, 2.45) is 16.7 Å². The van der Waals surface area contributed by atoms with Crippen LogP contribution in [0.1, 0.15) is 41.0 Å². The van der Waals surface area contributed by atoms with Crippen LogP contribution >= 0.6 is 23.2 Å². The number of amides is 1. The van der Waals surface area contributed by atoms with E-state index in [-0.39, 0.29) is 22.7 Å². The Morgan fingerprint density at radius 1 is 1.18 bits per heavy atom. The molecule has 1 rings (SSSR count). The summed E-state index contributed by atoms with van der Waals surface area (Å²) in [6.45, 7) is 10.5. The molecule has 1 N–H and O–H groups in total. The van der Waals surface area contributed by atoms with Crippen LogP contribution in [0.2, 0.25) is 0 Å². The third kappa shape index (κ3) is 2.31. The second kappa shape index (κ2) is 4.62. The van der Waals surface area contributed by atoms with Crippen molar-refractivity contribution in [3.63, 3.8) is 0 Å². The zero-order valence-electron chi connectivity index (χ0n) is 11.4. The van der Waals surface area contributed by atoms with E-state index in [2.05, 4.69) is 33.0 Å². The molecule has 0 aromatic carbocycles. The van der Waals surface area contributed by atoms with Crippen LogP contribution in [0.3, 0.4) is 0 Å². The molecule has 0 atom stereocenters. The standard InChI is InChI=1S/C13H23Cl2NO/c1-6-13(7-14,8-15)16-10(17)9-11(2,3)12(9,4)5/h9H,6-8H2,1-5H3,(H,16,17). The number of hydrogen-bond acceptors (Lipinski definition) is 1. The summed E-state index contributed by atoms with van der Waals surface area (Å²) in [4.78, 5) is 12.3. The van der Waals surface area contributed by atoms with Crippen LogP contribution in [-0.2, 0) is 4.79 Å². The highest BCUT2D eigenvalue weighted by molar-refractivity contribution is 6.22. The lowest BCUT2D eigenvalue weighted by molar-refractivity contribution is -0.125. The summed E-state index contributed by atoms with van der Waals surface area (Å²) >= 11 is 11.9. The molecule has 0 spiro atoms. The molecule has 100 valence electrons. The maximum absolute atomic E-state index is 12.3. The Labute approximate surface area is 114 Å². The SMILES string of the molecule is CCC(CCl)(CCl)NC(=O)C1C(C)(C)C1(C)C. The molecule has 1 amide bonds. The fourth-order valence-corrected chi connectivity index (χ4v) is 3.36. The van der Waals surface area contributed by atoms with Gasteiger partial charge in [-0.2, -0.15) is 0 Å². The Kier molecular flexibility index (Phi) is 4.11. The lowest BCUT2D eigenvalue weighted by atomic mass is 10.0. The lowest BCUT2D eigenvalue weighted by Gasteiger charge is -2.30. The molecule has 2 nitrogen and oxygen atoms in total. The maximum Gasteiger partial charge on any atom is 0.224 e. The van der Waals surface area contributed by atoms with Gasteiger partial charge in [0.05, 0.1) is 5.54 Å². The molecule has 17 heavy (non-hydrogen) atoms. The van der Waals surface area contributed by atoms with Crippen LogP contribution in [0.5, 0.6) is 0 Å². The average Bonchev–Trinajstić information content (AvgIpc) is 2.66. The third-order valence-electron chi connectivity index (χ3n) is 4.86. The van der Waals surface area contributed by atoms with Crippen molar-refractivity contribution in [2.75, 3.05) is 11.8 Å². The Morgan fingerprint density at radius 3 is 1.82 bits per heavy atom. The first kappa shape index (κ1) is 15.1. The van der Waals surface area contributed by atoms with Gasteiger partial charge in [0, 0.05) is 17.7 Å². The summed E-state index contributed by atoms with van der Waals surface area (Å²) in [7, 11) is 0. The first-order valence-electron chi connectivity index (χ1n) is 6.12. The highest BCUT2D eigenvalue weighted by Crippen LogP contribution is 2.68. The van der Waals surface area contributed by atoms with Gasteiger partial charge in [0.25, 0.3) is 0 Å². The summed E-state index contributed by atoms with van der Waals surface area (Å²) in [5, 5.41) is 3.05. The van der Waals surface area contributed by atoms with E-state index in [9.17, 15) is 4.79 Å². The second-order valence-corrected chi connectivity index (χ2v) is 6.80. The van der Waals surface area contributed by atoms with E-state index in [0.29, 0.717) is 11.8 Å².